The third kappa shape index (κ3) is 3.32. The van der Waals surface area contributed by atoms with Gasteiger partial charge in [-0.1, -0.05) is 13.0 Å². The van der Waals surface area contributed by atoms with E-state index in [4.69, 9.17) is 10.00 Å². The maximum Gasteiger partial charge on any atom is 0.255 e. The van der Waals surface area contributed by atoms with Crippen LogP contribution in [0.15, 0.2) is 41.2 Å². The molecule has 1 aromatic heterocycles. The van der Waals surface area contributed by atoms with Crippen molar-refractivity contribution >= 4 is 0 Å². The normalized spacial score (nSPS) is 10.1. The monoisotopic (exact) mass is 282 g/mol. The molecule has 0 amide bonds. The van der Waals surface area contributed by atoms with Gasteiger partial charge in [0.25, 0.3) is 5.56 Å². The predicted octanol–water partition coefficient (Wildman–Crippen LogP) is 2.91. The van der Waals surface area contributed by atoms with Crippen LogP contribution >= 0.6 is 0 Å². The lowest BCUT2D eigenvalue weighted by molar-refractivity contribution is 0.317. The Kier molecular flexibility index (Phi) is 4.78. The molecule has 4 nitrogen and oxygen atoms in total. The van der Waals surface area contributed by atoms with Gasteiger partial charge in [0.15, 0.2) is 0 Å². The van der Waals surface area contributed by atoms with Gasteiger partial charge in [-0.05, 0) is 42.3 Å². The van der Waals surface area contributed by atoms with Crippen molar-refractivity contribution in [2.24, 2.45) is 7.05 Å². The first-order valence-electron chi connectivity index (χ1n) is 6.96. The van der Waals surface area contributed by atoms with Crippen molar-refractivity contribution in [1.82, 2.24) is 4.57 Å². The molecule has 0 N–H and O–H groups in total. The second kappa shape index (κ2) is 6.76. The summed E-state index contributed by atoms with van der Waals surface area (Å²) in [4.78, 5) is 12.1. The Morgan fingerprint density at radius 2 is 1.90 bits per heavy atom. The van der Waals surface area contributed by atoms with Crippen LogP contribution in [0.5, 0.6) is 5.75 Å². The van der Waals surface area contributed by atoms with Gasteiger partial charge >= 0.3 is 0 Å². The molecule has 21 heavy (non-hydrogen) atoms. The van der Waals surface area contributed by atoms with E-state index in [1.807, 2.05) is 36.4 Å². The fourth-order valence-electron chi connectivity index (χ4n) is 2.14. The Labute approximate surface area is 124 Å². The molecule has 2 rings (SSSR count). The van der Waals surface area contributed by atoms with Crippen LogP contribution < -0.4 is 10.3 Å². The molecule has 0 bridgehead atoms. The molecule has 0 aliphatic rings. The number of nitriles is 1. The Hall–Kier alpha value is -2.54. The lowest BCUT2D eigenvalue weighted by Crippen LogP contribution is -2.21. The first-order chi connectivity index (χ1) is 10.2. The molecule has 1 heterocycles. The van der Waals surface area contributed by atoms with Gasteiger partial charge in [0.2, 0.25) is 0 Å². The maximum absolute atomic E-state index is 12.1. The average molecular weight is 282 g/mol. The van der Waals surface area contributed by atoms with Crippen molar-refractivity contribution in [1.29, 1.82) is 5.26 Å². The number of rotatable bonds is 5. The zero-order valence-corrected chi connectivity index (χ0v) is 12.3. The van der Waals surface area contributed by atoms with Crippen molar-refractivity contribution in [3.8, 4) is 23.1 Å². The van der Waals surface area contributed by atoms with Gasteiger partial charge in [0.05, 0.1) is 24.8 Å². The van der Waals surface area contributed by atoms with Gasteiger partial charge in [-0.25, -0.2) is 0 Å². The van der Waals surface area contributed by atoms with Crippen LogP contribution in [-0.2, 0) is 13.5 Å². The van der Waals surface area contributed by atoms with Crippen LogP contribution in [0.2, 0.25) is 0 Å². The van der Waals surface area contributed by atoms with Gasteiger partial charge in [0.1, 0.15) is 5.75 Å². The van der Waals surface area contributed by atoms with E-state index >= 15 is 0 Å². The van der Waals surface area contributed by atoms with E-state index in [-0.39, 0.29) is 12.0 Å². The van der Waals surface area contributed by atoms with E-state index in [2.05, 4.69) is 6.92 Å². The summed E-state index contributed by atoms with van der Waals surface area (Å²) in [6.07, 6.45) is 1.10. The summed E-state index contributed by atoms with van der Waals surface area (Å²) >= 11 is 0. The van der Waals surface area contributed by atoms with Crippen LogP contribution in [-0.4, -0.2) is 11.2 Å². The summed E-state index contributed by atoms with van der Waals surface area (Å²) in [5.41, 5.74) is 2.16. The highest BCUT2D eigenvalue weighted by Crippen LogP contribution is 2.21. The smallest absolute Gasteiger partial charge is 0.255 e. The van der Waals surface area contributed by atoms with E-state index in [1.54, 1.807) is 17.7 Å². The second-order valence-electron chi connectivity index (χ2n) is 4.82. The molecule has 4 heteroatoms. The fourth-order valence-corrected chi connectivity index (χ4v) is 2.14. The standard InChI is InChI=1S/C17H18N2O2/c1-3-12-21-15-7-4-13(5-8-15)16-9-6-14(10-11-18)17(20)19(16)2/h4-9H,3,10,12H2,1-2H3. The van der Waals surface area contributed by atoms with Crippen molar-refractivity contribution in [3.63, 3.8) is 0 Å². The molecular formula is C17H18N2O2. The number of aromatic nitrogens is 1. The van der Waals surface area contributed by atoms with E-state index in [1.165, 1.54) is 0 Å². The first kappa shape index (κ1) is 14.9. The molecular weight excluding hydrogens is 264 g/mol. The number of hydrogen-bond donors (Lipinski definition) is 0. The number of benzene rings is 1. The number of ether oxygens (including phenoxy) is 1. The first-order valence-corrected chi connectivity index (χ1v) is 6.96. The molecule has 0 spiro atoms. The van der Waals surface area contributed by atoms with Crippen molar-refractivity contribution in [3.05, 3.63) is 52.3 Å². The Morgan fingerprint density at radius 1 is 1.19 bits per heavy atom. The summed E-state index contributed by atoms with van der Waals surface area (Å²) in [5.74, 6) is 0.826. The van der Waals surface area contributed by atoms with E-state index in [0.717, 1.165) is 23.4 Å². The molecule has 0 saturated carbocycles. The minimum absolute atomic E-state index is 0.125. The quantitative estimate of drug-likeness (QED) is 0.847. The molecule has 0 aliphatic heterocycles. The average Bonchev–Trinajstić information content (AvgIpc) is 2.51. The highest BCUT2D eigenvalue weighted by Gasteiger charge is 2.07. The molecule has 0 unspecified atom stereocenters. The summed E-state index contributed by atoms with van der Waals surface area (Å²) in [7, 11) is 1.72. The van der Waals surface area contributed by atoms with Crippen molar-refractivity contribution in [2.45, 2.75) is 19.8 Å². The number of pyridine rings is 1. The van der Waals surface area contributed by atoms with E-state index in [0.29, 0.717) is 12.2 Å². The van der Waals surface area contributed by atoms with Crippen LogP contribution in [0.25, 0.3) is 11.3 Å². The molecule has 1 aromatic carbocycles. The molecule has 0 atom stereocenters. The van der Waals surface area contributed by atoms with Crippen molar-refractivity contribution < 1.29 is 4.74 Å². The molecule has 0 saturated heterocycles. The minimum atomic E-state index is -0.125. The molecule has 0 radical (unpaired) electrons. The zero-order valence-electron chi connectivity index (χ0n) is 12.3. The third-order valence-corrected chi connectivity index (χ3v) is 3.28. The molecule has 2 aromatic rings. The van der Waals surface area contributed by atoms with Gasteiger partial charge in [-0.2, -0.15) is 5.26 Å². The molecule has 0 fully saturated rings. The maximum atomic E-state index is 12.1. The van der Waals surface area contributed by atoms with Gasteiger partial charge in [-0.3, -0.25) is 4.79 Å². The lowest BCUT2D eigenvalue weighted by Gasteiger charge is -2.11. The SMILES string of the molecule is CCCOc1ccc(-c2ccc(CC#N)c(=O)n2C)cc1. The van der Waals surface area contributed by atoms with Crippen LogP contribution in [0.3, 0.4) is 0 Å². The fraction of sp³-hybridized carbons (Fsp3) is 0.294. The number of hydrogen-bond acceptors (Lipinski definition) is 3. The Morgan fingerprint density at radius 3 is 2.52 bits per heavy atom. The molecule has 0 aliphatic carbocycles. The summed E-state index contributed by atoms with van der Waals surface area (Å²) in [6, 6.07) is 13.3. The van der Waals surface area contributed by atoms with Crippen LogP contribution in [0.4, 0.5) is 0 Å². The zero-order chi connectivity index (χ0) is 15.2. The summed E-state index contributed by atoms with van der Waals surface area (Å²) < 4.78 is 7.12. The summed E-state index contributed by atoms with van der Waals surface area (Å²) in [6.45, 7) is 2.76. The Balaban J connectivity index is 2.32. The topological polar surface area (TPSA) is 55.0 Å². The third-order valence-electron chi connectivity index (χ3n) is 3.28. The van der Waals surface area contributed by atoms with Gasteiger partial charge in [-0.15, -0.1) is 0 Å². The summed E-state index contributed by atoms with van der Waals surface area (Å²) in [5, 5.41) is 8.71. The van der Waals surface area contributed by atoms with Crippen LogP contribution in [0, 0.1) is 11.3 Å². The minimum Gasteiger partial charge on any atom is -0.494 e. The van der Waals surface area contributed by atoms with E-state index in [9.17, 15) is 4.79 Å². The second-order valence-corrected chi connectivity index (χ2v) is 4.82. The van der Waals surface area contributed by atoms with Crippen LogP contribution in [0.1, 0.15) is 18.9 Å². The highest BCUT2D eigenvalue weighted by atomic mass is 16.5. The predicted molar refractivity (Wildman–Crippen MR) is 82.2 cm³/mol. The number of nitrogens with zero attached hydrogens (tertiary/aromatic N) is 2. The lowest BCUT2D eigenvalue weighted by atomic mass is 10.1. The van der Waals surface area contributed by atoms with Gasteiger partial charge in [0, 0.05) is 12.6 Å². The Bertz CT molecular complexity index is 709. The molecule has 108 valence electrons. The largest absolute Gasteiger partial charge is 0.494 e. The van der Waals surface area contributed by atoms with Gasteiger partial charge < -0.3 is 9.30 Å². The highest BCUT2D eigenvalue weighted by molar-refractivity contribution is 5.60. The van der Waals surface area contributed by atoms with Crippen molar-refractivity contribution in [2.75, 3.05) is 6.61 Å². The van der Waals surface area contributed by atoms with E-state index < -0.39 is 0 Å².